The summed E-state index contributed by atoms with van der Waals surface area (Å²) in [5, 5.41) is 12.4. The molecule has 24 heavy (non-hydrogen) atoms. The van der Waals surface area contributed by atoms with Crippen molar-refractivity contribution in [2.75, 3.05) is 31.6 Å². The predicted molar refractivity (Wildman–Crippen MR) is 94.5 cm³/mol. The molecule has 1 aliphatic heterocycles. The fourth-order valence-corrected chi connectivity index (χ4v) is 3.29. The topological polar surface area (TPSA) is 74.2 Å². The van der Waals surface area contributed by atoms with E-state index < -0.39 is 0 Å². The number of piperidine rings is 1. The molecule has 3 rings (SSSR count). The van der Waals surface area contributed by atoms with E-state index in [4.69, 9.17) is 10.1 Å². The first kappa shape index (κ1) is 16.8. The van der Waals surface area contributed by atoms with Crippen molar-refractivity contribution >= 4 is 11.8 Å². The Morgan fingerprint density at radius 2 is 2.00 bits per heavy atom. The van der Waals surface area contributed by atoms with Crippen LogP contribution in [0.25, 0.3) is 0 Å². The summed E-state index contributed by atoms with van der Waals surface area (Å²) in [4.78, 5) is 15.9. The number of aliphatic hydroxyl groups excluding tert-OH is 1. The highest BCUT2D eigenvalue weighted by molar-refractivity contribution is 5.48. The average Bonchev–Trinajstić information content (AvgIpc) is 2.55. The molecule has 1 aliphatic rings. The zero-order chi connectivity index (χ0) is 16.9. The van der Waals surface area contributed by atoms with Gasteiger partial charge in [-0.2, -0.15) is 0 Å². The highest BCUT2D eigenvalue weighted by Crippen LogP contribution is 2.26. The van der Waals surface area contributed by atoms with E-state index in [0.29, 0.717) is 11.9 Å². The SMILES string of the molecule is Cc1cc(C)nc(Nc2cccc([C@@H]3CCCN(CCO)C3)n2)n1. The number of nitrogens with zero attached hydrogens (tertiary/aromatic N) is 4. The summed E-state index contributed by atoms with van der Waals surface area (Å²) in [6, 6.07) is 8.00. The normalized spacial score (nSPS) is 18.5. The molecule has 2 aromatic heterocycles. The lowest BCUT2D eigenvalue weighted by Crippen LogP contribution is -2.36. The van der Waals surface area contributed by atoms with Crippen molar-refractivity contribution in [3.05, 3.63) is 41.3 Å². The fourth-order valence-electron chi connectivity index (χ4n) is 3.29. The zero-order valence-electron chi connectivity index (χ0n) is 14.4. The molecule has 2 aromatic rings. The first-order valence-electron chi connectivity index (χ1n) is 8.53. The van der Waals surface area contributed by atoms with Crippen molar-refractivity contribution in [3.63, 3.8) is 0 Å². The second-order valence-electron chi connectivity index (χ2n) is 6.41. The molecule has 0 bridgehead atoms. The van der Waals surface area contributed by atoms with Crippen molar-refractivity contribution < 1.29 is 5.11 Å². The first-order valence-corrected chi connectivity index (χ1v) is 8.53. The molecule has 1 fully saturated rings. The van der Waals surface area contributed by atoms with Gasteiger partial charge in [-0.15, -0.1) is 0 Å². The van der Waals surface area contributed by atoms with E-state index in [1.165, 1.54) is 0 Å². The van der Waals surface area contributed by atoms with Crippen molar-refractivity contribution in [3.8, 4) is 0 Å². The van der Waals surface area contributed by atoms with Crippen LogP contribution >= 0.6 is 0 Å². The molecule has 0 saturated carbocycles. The Morgan fingerprint density at radius 1 is 1.21 bits per heavy atom. The van der Waals surface area contributed by atoms with Gasteiger partial charge in [0.2, 0.25) is 5.95 Å². The van der Waals surface area contributed by atoms with E-state index in [9.17, 15) is 0 Å². The Labute approximate surface area is 143 Å². The van der Waals surface area contributed by atoms with Gasteiger partial charge in [-0.25, -0.2) is 15.0 Å². The smallest absolute Gasteiger partial charge is 0.228 e. The van der Waals surface area contributed by atoms with Crippen LogP contribution in [0.4, 0.5) is 11.8 Å². The van der Waals surface area contributed by atoms with Crippen molar-refractivity contribution in [2.24, 2.45) is 0 Å². The average molecular weight is 327 g/mol. The van der Waals surface area contributed by atoms with E-state index in [1.807, 2.05) is 32.0 Å². The van der Waals surface area contributed by atoms with Gasteiger partial charge in [0.15, 0.2) is 0 Å². The molecular formula is C18H25N5O. The zero-order valence-corrected chi connectivity index (χ0v) is 14.4. The molecule has 0 aromatic carbocycles. The van der Waals surface area contributed by atoms with Crippen LogP contribution in [0.3, 0.4) is 0 Å². The summed E-state index contributed by atoms with van der Waals surface area (Å²) in [5.74, 6) is 1.77. The number of aliphatic hydroxyl groups is 1. The number of nitrogens with one attached hydrogen (secondary N) is 1. The Balaban J connectivity index is 1.74. The van der Waals surface area contributed by atoms with Crippen LogP contribution in [0.2, 0.25) is 0 Å². The fraction of sp³-hybridized carbons (Fsp3) is 0.500. The molecule has 0 spiro atoms. The third-order valence-electron chi connectivity index (χ3n) is 4.33. The first-order chi connectivity index (χ1) is 11.6. The Morgan fingerprint density at radius 3 is 2.75 bits per heavy atom. The Bertz CT molecular complexity index is 669. The number of aromatic nitrogens is 3. The molecule has 1 atom stereocenters. The van der Waals surface area contributed by atoms with Crippen LogP contribution in [0.1, 0.15) is 35.8 Å². The van der Waals surface area contributed by atoms with E-state index in [-0.39, 0.29) is 6.61 Å². The number of likely N-dealkylation sites (tertiary alicyclic amines) is 1. The molecule has 0 unspecified atom stereocenters. The molecule has 3 heterocycles. The van der Waals surface area contributed by atoms with Gasteiger partial charge in [0.05, 0.1) is 6.61 Å². The molecule has 0 aliphatic carbocycles. The molecular weight excluding hydrogens is 302 g/mol. The standard InChI is InChI=1S/C18H25N5O/c1-13-11-14(2)20-18(19-13)22-17-7-3-6-16(21-17)15-5-4-8-23(12-15)9-10-24/h3,6-7,11,15,24H,4-5,8-10,12H2,1-2H3,(H,19,20,21,22)/t15-/m1/s1. The van der Waals surface area contributed by atoms with Crippen LogP contribution in [0, 0.1) is 13.8 Å². The maximum absolute atomic E-state index is 9.15. The summed E-state index contributed by atoms with van der Waals surface area (Å²) in [7, 11) is 0. The Kier molecular flexibility index (Phi) is 5.37. The molecule has 6 nitrogen and oxygen atoms in total. The third kappa shape index (κ3) is 4.27. The van der Waals surface area contributed by atoms with Gasteiger partial charge in [0.25, 0.3) is 0 Å². The van der Waals surface area contributed by atoms with Gasteiger partial charge in [0, 0.05) is 36.1 Å². The lowest BCUT2D eigenvalue weighted by molar-refractivity contribution is 0.160. The number of β-amino-alcohol motifs (C(OH)–C–C–N with tert-alkyl or cyclic N) is 1. The van der Waals surface area contributed by atoms with Crippen LogP contribution in [0.15, 0.2) is 24.3 Å². The van der Waals surface area contributed by atoms with E-state index in [2.05, 4.69) is 26.3 Å². The van der Waals surface area contributed by atoms with Gasteiger partial charge in [-0.1, -0.05) is 6.07 Å². The summed E-state index contributed by atoms with van der Waals surface area (Å²) >= 11 is 0. The largest absolute Gasteiger partial charge is 0.395 e. The van der Waals surface area contributed by atoms with Gasteiger partial charge < -0.3 is 15.3 Å². The van der Waals surface area contributed by atoms with Crippen LogP contribution in [-0.2, 0) is 0 Å². The number of pyridine rings is 1. The number of hydrogen-bond acceptors (Lipinski definition) is 6. The van der Waals surface area contributed by atoms with Gasteiger partial charge in [-0.3, -0.25) is 0 Å². The number of aryl methyl sites for hydroxylation is 2. The monoisotopic (exact) mass is 327 g/mol. The van der Waals surface area contributed by atoms with Crippen molar-refractivity contribution in [1.82, 2.24) is 19.9 Å². The number of hydrogen-bond donors (Lipinski definition) is 2. The van der Waals surface area contributed by atoms with E-state index in [1.54, 1.807) is 0 Å². The predicted octanol–water partition coefficient (Wildman–Crippen LogP) is 2.40. The molecule has 1 saturated heterocycles. The van der Waals surface area contributed by atoms with Crippen molar-refractivity contribution in [1.29, 1.82) is 0 Å². The summed E-state index contributed by atoms with van der Waals surface area (Å²) in [6.07, 6.45) is 2.28. The molecule has 0 amide bonds. The minimum absolute atomic E-state index is 0.214. The molecule has 2 N–H and O–H groups in total. The second-order valence-corrected chi connectivity index (χ2v) is 6.41. The molecule has 0 radical (unpaired) electrons. The number of anilines is 2. The van der Waals surface area contributed by atoms with Crippen LogP contribution in [0.5, 0.6) is 0 Å². The molecule has 128 valence electrons. The summed E-state index contributed by atoms with van der Waals surface area (Å²) in [6.45, 7) is 6.89. The van der Waals surface area contributed by atoms with E-state index >= 15 is 0 Å². The van der Waals surface area contributed by atoms with Gasteiger partial charge in [0.1, 0.15) is 5.82 Å². The van der Waals surface area contributed by atoms with Gasteiger partial charge in [-0.05, 0) is 51.4 Å². The maximum atomic E-state index is 9.15. The maximum Gasteiger partial charge on any atom is 0.228 e. The summed E-state index contributed by atoms with van der Waals surface area (Å²) in [5.41, 5.74) is 2.97. The van der Waals surface area contributed by atoms with Crippen LogP contribution in [-0.4, -0.2) is 51.2 Å². The third-order valence-corrected chi connectivity index (χ3v) is 4.33. The lowest BCUT2D eigenvalue weighted by Gasteiger charge is -2.32. The quantitative estimate of drug-likeness (QED) is 0.878. The highest BCUT2D eigenvalue weighted by Gasteiger charge is 2.22. The summed E-state index contributed by atoms with van der Waals surface area (Å²) < 4.78 is 0. The lowest BCUT2D eigenvalue weighted by atomic mass is 9.94. The molecule has 6 heteroatoms. The Hall–Kier alpha value is -2.05. The van der Waals surface area contributed by atoms with Crippen LogP contribution < -0.4 is 5.32 Å². The second kappa shape index (κ2) is 7.68. The minimum atomic E-state index is 0.214. The number of rotatable bonds is 5. The van der Waals surface area contributed by atoms with Crippen molar-refractivity contribution in [2.45, 2.75) is 32.6 Å². The highest BCUT2D eigenvalue weighted by atomic mass is 16.3. The van der Waals surface area contributed by atoms with E-state index in [0.717, 1.165) is 55.4 Å². The van der Waals surface area contributed by atoms with Gasteiger partial charge >= 0.3 is 0 Å². The minimum Gasteiger partial charge on any atom is -0.395 e.